The molecule has 1 aromatic heterocycles. The molecule has 0 bridgehead atoms. The molecule has 0 amide bonds. The molecule has 0 fully saturated rings. The first-order valence-electron chi connectivity index (χ1n) is 6.17. The number of ketones is 1. The first-order chi connectivity index (χ1) is 8.47. The molecule has 0 saturated carbocycles. The summed E-state index contributed by atoms with van der Waals surface area (Å²) in [5.74, 6) is 0.152. The number of hydrogen-bond donors (Lipinski definition) is 0. The van der Waals surface area contributed by atoms with Crippen LogP contribution >= 0.6 is 0 Å². The van der Waals surface area contributed by atoms with E-state index in [1.54, 1.807) is 29.3 Å². The zero-order valence-corrected chi connectivity index (χ0v) is 11.2. The number of aromatic nitrogens is 2. The fraction of sp³-hybridized carbons (Fsp3) is 0.429. The van der Waals surface area contributed by atoms with E-state index in [4.69, 9.17) is 0 Å². The Morgan fingerprint density at radius 3 is 2.44 bits per heavy atom. The van der Waals surface area contributed by atoms with Gasteiger partial charge in [-0.25, -0.2) is 4.79 Å². The molecule has 1 aromatic carbocycles. The van der Waals surface area contributed by atoms with Gasteiger partial charge in [0.05, 0.1) is 11.0 Å². The smallest absolute Gasteiger partial charge is 0.295 e. The fourth-order valence-corrected chi connectivity index (χ4v) is 2.13. The van der Waals surface area contributed by atoms with Crippen LogP contribution in [0.5, 0.6) is 0 Å². The van der Waals surface area contributed by atoms with Gasteiger partial charge in [-0.1, -0.05) is 13.8 Å². The van der Waals surface area contributed by atoms with Gasteiger partial charge in [0, 0.05) is 25.6 Å². The lowest BCUT2D eigenvalue weighted by atomic mass is 9.97. The maximum absolute atomic E-state index is 12.1. The molecule has 0 saturated heterocycles. The summed E-state index contributed by atoms with van der Waals surface area (Å²) in [5, 5.41) is 0. The quantitative estimate of drug-likeness (QED) is 0.778. The molecular weight excluding hydrogens is 228 g/mol. The average molecular weight is 246 g/mol. The molecule has 96 valence electrons. The van der Waals surface area contributed by atoms with E-state index in [0.717, 1.165) is 17.5 Å². The van der Waals surface area contributed by atoms with Crippen molar-refractivity contribution in [2.45, 2.75) is 20.3 Å². The summed E-state index contributed by atoms with van der Waals surface area (Å²) in [6, 6.07) is 5.45. The molecular formula is C14H18N2O2. The monoisotopic (exact) mass is 246 g/mol. The lowest BCUT2D eigenvalue weighted by Crippen LogP contribution is -2.19. The van der Waals surface area contributed by atoms with Gasteiger partial charge in [0.2, 0.25) is 0 Å². The van der Waals surface area contributed by atoms with Crippen LogP contribution in [0.4, 0.5) is 0 Å². The van der Waals surface area contributed by atoms with Crippen LogP contribution in [0.25, 0.3) is 11.0 Å². The third-order valence-electron chi connectivity index (χ3n) is 3.62. The Morgan fingerprint density at radius 2 is 1.83 bits per heavy atom. The Morgan fingerprint density at radius 1 is 1.22 bits per heavy atom. The summed E-state index contributed by atoms with van der Waals surface area (Å²) >= 11 is 0. The molecule has 2 rings (SSSR count). The summed E-state index contributed by atoms with van der Waals surface area (Å²) < 4.78 is 3.16. The van der Waals surface area contributed by atoms with Crippen molar-refractivity contribution in [1.82, 2.24) is 9.13 Å². The van der Waals surface area contributed by atoms with Crippen molar-refractivity contribution in [2.75, 3.05) is 0 Å². The van der Waals surface area contributed by atoms with Crippen molar-refractivity contribution in [2.24, 2.45) is 20.0 Å². The van der Waals surface area contributed by atoms with Crippen molar-refractivity contribution in [1.29, 1.82) is 0 Å². The molecule has 1 atom stereocenters. The molecule has 1 unspecified atom stereocenters. The number of hydrogen-bond acceptors (Lipinski definition) is 2. The zero-order valence-electron chi connectivity index (χ0n) is 11.2. The number of Topliss-reactive ketones (excluding diaryl/α,β-unsaturated/α-hetero) is 1. The van der Waals surface area contributed by atoms with E-state index < -0.39 is 0 Å². The standard InChI is InChI=1S/C14H18N2O2/c1-5-9(2)13(17)10-6-7-11-12(8-10)16(4)14(18)15(11)3/h6-9H,5H2,1-4H3. The van der Waals surface area contributed by atoms with Crippen LogP contribution in [-0.4, -0.2) is 14.9 Å². The third-order valence-corrected chi connectivity index (χ3v) is 3.62. The van der Waals surface area contributed by atoms with E-state index in [1.165, 1.54) is 0 Å². The van der Waals surface area contributed by atoms with Crippen molar-refractivity contribution in [3.63, 3.8) is 0 Å². The van der Waals surface area contributed by atoms with Crippen molar-refractivity contribution in [3.8, 4) is 0 Å². The number of imidazole rings is 1. The molecule has 18 heavy (non-hydrogen) atoms. The second kappa shape index (κ2) is 4.44. The van der Waals surface area contributed by atoms with E-state index in [2.05, 4.69) is 0 Å². The first kappa shape index (κ1) is 12.6. The molecule has 2 aromatic rings. The predicted octanol–water partition coefficient (Wildman–Crippen LogP) is 2.11. The Kier molecular flexibility index (Phi) is 3.11. The second-order valence-corrected chi connectivity index (χ2v) is 4.78. The van der Waals surface area contributed by atoms with Crippen LogP contribution in [0.15, 0.2) is 23.0 Å². The fourth-order valence-electron chi connectivity index (χ4n) is 2.13. The van der Waals surface area contributed by atoms with Gasteiger partial charge in [0.15, 0.2) is 5.78 Å². The van der Waals surface area contributed by atoms with Crippen molar-refractivity contribution >= 4 is 16.8 Å². The predicted molar refractivity (Wildman–Crippen MR) is 71.9 cm³/mol. The van der Waals surface area contributed by atoms with E-state index in [1.807, 2.05) is 26.0 Å². The number of aryl methyl sites for hydroxylation is 2. The summed E-state index contributed by atoms with van der Waals surface area (Å²) in [6.07, 6.45) is 0.824. The molecule has 4 heteroatoms. The molecule has 0 N–H and O–H groups in total. The normalized spacial score (nSPS) is 12.9. The van der Waals surface area contributed by atoms with Crippen LogP contribution in [0.1, 0.15) is 30.6 Å². The summed E-state index contributed by atoms with van der Waals surface area (Å²) in [6.45, 7) is 3.93. The first-order valence-corrected chi connectivity index (χ1v) is 6.17. The zero-order chi connectivity index (χ0) is 13.4. The van der Waals surface area contributed by atoms with Gasteiger partial charge < -0.3 is 0 Å². The SMILES string of the molecule is CCC(C)C(=O)c1ccc2c(c1)n(C)c(=O)n2C. The highest BCUT2D eigenvalue weighted by Crippen LogP contribution is 2.17. The molecule has 1 heterocycles. The number of rotatable bonds is 3. The minimum atomic E-state index is -0.0712. The van der Waals surface area contributed by atoms with Gasteiger partial charge in [0.1, 0.15) is 0 Å². The van der Waals surface area contributed by atoms with Gasteiger partial charge in [-0.3, -0.25) is 13.9 Å². The Labute approximate surface area is 106 Å². The highest BCUT2D eigenvalue weighted by molar-refractivity contribution is 6.00. The molecule has 0 aliphatic carbocycles. The Bertz CT molecular complexity index is 664. The van der Waals surface area contributed by atoms with Crippen molar-refractivity contribution < 1.29 is 4.79 Å². The topological polar surface area (TPSA) is 44.0 Å². The number of carbonyl (C=O) groups is 1. The van der Waals surface area contributed by atoms with Crippen LogP contribution in [0.3, 0.4) is 0 Å². The molecule has 0 aliphatic heterocycles. The van der Waals surface area contributed by atoms with Crippen molar-refractivity contribution in [3.05, 3.63) is 34.2 Å². The minimum absolute atomic E-state index is 0.0168. The molecule has 0 aliphatic rings. The van der Waals surface area contributed by atoms with Gasteiger partial charge in [0.25, 0.3) is 0 Å². The van der Waals surface area contributed by atoms with Gasteiger partial charge >= 0.3 is 5.69 Å². The van der Waals surface area contributed by atoms with E-state index in [9.17, 15) is 9.59 Å². The van der Waals surface area contributed by atoms with Gasteiger partial charge in [-0.2, -0.15) is 0 Å². The maximum Gasteiger partial charge on any atom is 0.328 e. The molecule has 0 radical (unpaired) electrons. The van der Waals surface area contributed by atoms with E-state index in [-0.39, 0.29) is 17.4 Å². The maximum atomic E-state index is 12.1. The lowest BCUT2D eigenvalue weighted by Gasteiger charge is -2.07. The number of nitrogens with zero attached hydrogens (tertiary/aromatic N) is 2. The van der Waals surface area contributed by atoms with E-state index in [0.29, 0.717) is 5.56 Å². The summed E-state index contributed by atoms with van der Waals surface area (Å²) in [7, 11) is 3.46. The average Bonchev–Trinajstić information content (AvgIpc) is 2.61. The summed E-state index contributed by atoms with van der Waals surface area (Å²) in [5.41, 5.74) is 2.26. The Balaban J connectivity index is 2.61. The Hall–Kier alpha value is -1.84. The third kappa shape index (κ3) is 1.78. The van der Waals surface area contributed by atoms with Crippen LogP contribution in [0.2, 0.25) is 0 Å². The molecule has 0 spiro atoms. The lowest BCUT2D eigenvalue weighted by molar-refractivity contribution is 0.0927. The largest absolute Gasteiger partial charge is 0.328 e. The van der Waals surface area contributed by atoms with Gasteiger partial charge in [-0.05, 0) is 24.6 Å². The number of fused-ring (bicyclic) bond motifs is 1. The second-order valence-electron chi connectivity index (χ2n) is 4.78. The van der Waals surface area contributed by atoms with Crippen LogP contribution in [0, 0.1) is 5.92 Å². The van der Waals surface area contributed by atoms with Crippen LogP contribution < -0.4 is 5.69 Å². The number of benzene rings is 1. The summed E-state index contributed by atoms with van der Waals surface area (Å²) in [4.78, 5) is 23.9. The highest BCUT2D eigenvalue weighted by atomic mass is 16.1. The van der Waals surface area contributed by atoms with Gasteiger partial charge in [-0.15, -0.1) is 0 Å². The van der Waals surface area contributed by atoms with Crippen LogP contribution in [-0.2, 0) is 14.1 Å². The minimum Gasteiger partial charge on any atom is -0.295 e. The molecule has 4 nitrogen and oxygen atoms in total. The highest BCUT2D eigenvalue weighted by Gasteiger charge is 2.15. The van der Waals surface area contributed by atoms with E-state index >= 15 is 0 Å². The number of carbonyl (C=O) groups excluding carboxylic acids is 1.